The van der Waals surface area contributed by atoms with Gasteiger partial charge in [0.1, 0.15) is 0 Å². The van der Waals surface area contributed by atoms with Crippen LogP contribution in [0.4, 0.5) is 4.79 Å². The van der Waals surface area contributed by atoms with Gasteiger partial charge in [-0.2, -0.15) is 0 Å². The molecule has 1 aromatic rings. The van der Waals surface area contributed by atoms with Gasteiger partial charge in [0.25, 0.3) is 0 Å². The van der Waals surface area contributed by atoms with E-state index >= 15 is 0 Å². The van der Waals surface area contributed by atoms with Gasteiger partial charge in [-0.05, 0) is 27.2 Å². The van der Waals surface area contributed by atoms with E-state index in [-0.39, 0.29) is 12.5 Å². The molecule has 0 saturated carbocycles. The van der Waals surface area contributed by atoms with Crippen LogP contribution in [0.2, 0.25) is 0 Å². The molecule has 6 nitrogen and oxygen atoms in total. The van der Waals surface area contributed by atoms with Gasteiger partial charge >= 0.3 is 12.0 Å². The number of aromatic nitrogens is 1. The molecule has 0 unspecified atom stereocenters. The zero-order valence-corrected chi connectivity index (χ0v) is 12.8. The van der Waals surface area contributed by atoms with Gasteiger partial charge in [-0.3, -0.25) is 4.79 Å². The first-order valence-electron chi connectivity index (χ1n) is 6.47. The standard InChI is InChI=1S/C13H21N3O3S/c1-9-8-20-10(15-9)5-7-14-12(19)16-13(2,3)6-4-11(17)18/h8H,4-7H2,1-3H3,(H,17,18)(H2,14,16,19). The summed E-state index contributed by atoms with van der Waals surface area (Å²) in [6, 6.07) is -0.284. The summed E-state index contributed by atoms with van der Waals surface area (Å²) in [5, 5.41) is 17.1. The molecule has 0 aliphatic carbocycles. The second-order valence-electron chi connectivity index (χ2n) is 5.29. The number of carbonyl (C=O) groups is 2. The van der Waals surface area contributed by atoms with Gasteiger partial charge in [0.05, 0.1) is 5.01 Å². The van der Waals surface area contributed by atoms with Gasteiger partial charge in [-0.25, -0.2) is 9.78 Å². The van der Waals surface area contributed by atoms with Crippen LogP contribution in [0, 0.1) is 6.92 Å². The van der Waals surface area contributed by atoms with Crippen molar-refractivity contribution < 1.29 is 14.7 Å². The number of carboxylic acid groups (broad SMARTS) is 1. The summed E-state index contributed by atoms with van der Waals surface area (Å²) in [4.78, 5) is 26.6. The summed E-state index contributed by atoms with van der Waals surface area (Å²) in [5.41, 5.74) is 0.449. The van der Waals surface area contributed by atoms with E-state index in [1.807, 2.05) is 12.3 Å². The number of carboxylic acids is 1. The van der Waals surface area contributed by atoms with Crippen LogP contribution in [0.15, 0.2) is 5.38 Å². The minimum Gasteiger partial charge on any atom is -0.481 e. The summed E-state index contributed by atoms with van der Waals surface area (Å²) in [7, 11) is 0. The quantitative estimate of drug-likeness (QED) is 0.717. The Morgan fingerprint density at radius 3 is 2.70 bits per heavy atom. The molecule has 0 atom stereocenters. The second kappa shape index (κ2) is 7.23. The van der Waals surface area contributed by atoms with Crippen LogP contribution < -0.4 is 10.6 Å². The maximum absolute atomic E-state index is 11.7. The highest BCUT2D eigenvalue weighted by Crippen LogP contribution is 2.11. The number of nitrogens with one attached hydrogen (secondary N) is 2. The van der Waals surface area contributed by atoms with Crippen molar-refractivity contribution in [3.05, 3.63) is 16.1 Å². The number of aryl methyl sites for hydroxylation is 1. The smallest absolute Gasteiger partial charge is 0.315 e. The van der Waals surface area contributed by atoms with Gasteiger partial charge in [-0.15, -0.1) is 11.3 Å². The van der Waals surface area contributed by atoms with E-state index in [4.69, 9.17) is 5.11 Å². The average Bonchev–Trinajstić information content (AvgIpc) is 2.72. The fraction of sp³-hybridized carbons (Fsp3) is 0.615. The van der Waals surface area contributed by atoms with E-state index in [9.17, 15) is 9.59 Å². The minimum atomic E-state index is -0.862. The molecule has 7 heteroatoms. The Hall–Kier alpha value is -1.63. The third-order valence-corrected chi connectivity index (χ3v) is 3.73. The summed E-state index contributed by atoms with van der Waals surface area (Å²) >= 11 is 1.58. The number of hydrogen-bond acceptors (Lipinski definition) is 4. The van der Waals surface area contributed by atoms with Crippen molar-refractivity contribution in [3.8, 4) is 0 Å². The lowest BCUT2D eigenvalue weighted by Gasteiger charge is -2.25. The maximum atomic E-state index is 11.7. The van der Waals surface area contributed by atoms with Crippen LogP contribution in [0.3, 0.4) is 0 Å². The normalized spacial score (nSPS) is 11.2. The average molecular weight is 299 g/mol. The van der Waals surface area contributed by atoms with Crippen molar-refractivity contribution in [1.82, 2.24) is 15.6 Å². The van der Waals surface area contributed by atoms with Crippen molar-refractivity contribution in [3.63, 3.8) is 0 Å². The van der Waals surface area contributed by atoms with Crippen LogP contribution >= 0.6 is 11.3 Å². The van der Waals surface area contributed by atoms with Crippen molar-refractivity contribution >= 4 is 23.3 Å². The first-order chi connectivity index (χ1) is 9.28. The van der Waals surface area contributed by atoms with Crippen molar-refractivity contribution in [2.24, 2.45) is 0 Å². The molecule has 112 valence electrons. The molecule has 1 rings (SSSR count). The Kier molecular flexibility index (Phi) is 5.94. The van der Waals surface area contributed by atoms with Gasteiger partial charge < -0.3 is 15.7 Å². The number of amides is 2. The van der Waals surface area contributed by atoms with Crippen LogP contribution in [-0.2, 0) is 11.2 Å². The third kappa shape index (κ3) is 6.51. The molecular formula is C13H21N3O3S. The number of rotatable bonds is 7. The largest absolute Gasteiger partial charge is 0.481 e. The van der Waals surface area contributed by atoms with Crippen molar-refractivity contribution in [2.75, 3.05) is 6.54 Å². The molecule has 3 N–H and O–H groups in total. The fourth-order valence-electron chi connectivity index (χ4n) is 1.63. The van der Waals surface area contributed by atoms with E-state index in [0.29, 0.717) is 19.4 Å². The molecule has 0 fully saturated rings. The summed E-state index contributed by atoms with van der Waals surface area (Å²) in [6.07, 6.45) is 1.12. The highest BCUT2D eigenvalue weighted by atomic mass is 32.1. The van der Waals surface area contributed by atoms with Crippen LogP contribution in [0.1, 0.15) is 37.4 Å². The topological polar surface area (TPSA) is 91.3 Å². The SMILES string of the molecule is Cc1csc(CCNC(=O)NC(C)(C)CCC(=O)O)n1. The fourth-order valence-corrected chi connectivity index (χ4v) is 2.41. The summed E-state index contributed by atoms with van der Waals surface area (Å²) < 4.78 is 0. The van der Waals surface area contributed by atoms with Gasteiger partial charge in [-0.1, -0.05) is 0 Å². The van der Waals surface area contributed by atoms with E-state index in [1.165, 1.54) is 0 Å². The molecule has 1 aromatic heterocycles. The molecular weight excluding hydrogens is 278 g/mol. The lowest BCUT2D eigenvalue weighted by molar-refractivity contribution is -0.137. The van der Waals surface area contributed by atoms with Crippen molar-refractivity contribution in [2.45, 2.75) is 45.6 Å². The Bertz CT molecular complexity index is 471. The molecule has 0 radical (unpaired) electrons. The molecule has 0 aliphatic rings. The maximum Gasteiger partial charge on any atom is 0.315 e. The van der Waals surface area contributed by atoms with Crippen LogP contribution in [-0.4, -0.2) is 34.2 Å². The molecule has 20 heavy (non-hydrogen) atoms. The lowest BCUT2D eigenvalue weighted by Crippen LogP contribution is -2.48. The molecule has 2 amide bonds. The minimum absolute atomic E-state index is 0.0334. The molecule has 0 saturated heterocycles. The van der Waals surface area contributed by atoms with Gasteiger partial charge in [0, 0.05) is 36.0 Å². The number of nitrogens with zero attached hydrogens (tertiary/aromatic N) is 1. The predicted octanol–water partition coefficient (Wildman–Crippen LogP) is 1.94. The highest BCUT2D eigenvalue weighted by molar-refractivity contribution is 7.09. The van der Waals surface area contributed by atoms with E-state index in [0.717, 1.165) is 10.7 Å². The first-order valence-corrected chi connectivity index (χ1v) is 7.35. The predicted molar refractivity (Wildman–Crippen MR) is 78.0 cm³/mol. The summed E-state index contributed by atoms with van der Waals surface area (Å²) in [6.45, 7) is 6.05. The van der Waals surface area contributed by atoms with Crippen LogP contribution in [0.25, 0.3) is 0 Å². The van der Waals surface area contributed by atoms with E-state index in [1.54, 1.807) is 25.2 Å². The monoisotopic (exact) mass is 299 g/mol. The zero-order valence-electron chi connectivity index (χ0n) is 12.0. The molecule has 0 aliphatic heterocycles. The Morgan fingerprint density at radius 1 is 1.45 bits per heavy atom. The lowest BCUT2D eigenvalue weighted by atomic mass is 9.99. The van der Waals surface area contributed by atoms with Gasteiger partial charge in [0.2, 0.25) is 0 Å². The Labute approximate surface area is 122 Å². The second-order valence-corrected chi connectivity index (χ2v) is 6.23. The molecule has 0 aromatic carbocycles. The number of aliphatic carboxylic acids is 1. The summed E-state index contributed by atoms with van der Waals surface area (Å²) in [5.74, 6) is -0.862. The Balaban J connectivity index is 2.27. The van der Waals surface area contributed by atoms with Crippen molar-refractivity contribution in [1.29, 1.82) is 0 Å². The Morgan fingerprint density at radius 2 is 2.15 bits per heavy atom. The van der Waals surface area contributed by atoms with E-state index in [2.05, 4.69) is 15.6 Å². The number of thiazole rings is 1. The highest BCUT2D eigenvalue weighted by Gasteiger charge is 2.21. The molecule has 0 spiro atoms. The third-order valence-electron chi connectivity index (χ3n) is 2.71. The molecule has 0 bridgehead atoms. The van der Waals surface area contributed by atoms with E-state index < -0.39 is 11.5 Å². The van der Waals surface area contributed by atoms with Gasteiger partial charge in [0.15, 0.2) is 0 Å². The molecule has 1 heterocycles. The number of urea groups is 1. The van der Waals surface area contributed by atoms with Crippen LogP contribution in [0.5, 0.6) is 0 Å². The zero-order chi connectivity index (χ0) is 15.2. The number of hydrogen-bond donors (Lipinski definition) is 3. The first kappa shape index (κ1) is 16.4. The number of carbonyl (C=O) groups excluding carboxylic acids is 1.